The largest absolute Gasteiger partial charge is 0.493 e. The Balaban J connectivity index is 1.49. The van der Waals surface area contributed by atoms with Crippen molar-refractivity contribution >= 4 is 5.91 Å². The number of benzene rings is 1. The van der Waals surface area contributed by atoms with Crippen LogP contribution in [0.1, 0.15) is 37.7 Å². The van der Waals surface area contributed by atoms with Gasteiger partial charge in [0, 0.05) is 12.1 Å². The van der Waals surface area contributed by atoms with Gasteiger partial charge in [0.2, 0.25) is 5.91 Å². The van der Waals surface area contributed by atoms with Crippen molar-refractivity contribution in [3.63, 3.8) is 0 Å². The first kappa shape index (κ1) is 14.4. The molecular weight excluding hydrogens is 266 g/mol. The lowest BCUT2D eigenvalue weighted by Crippen LogP contribution is -2.48. The molecule has 2 aliphatic heterocycles. The van der Waals surface area contributed by atoms with Gasteiger partial charge in [0.25, 0.3) is 0 Å². The molecule has 4 heteroatoms. The Morgan fingerprint density at radius 3 is 2.48 bits per heavy atom. The summed E-state index contributed by atoms with van der Waals surface area (Å²) in [5.41, 5.74) is 1.20. The van der Waals surface area contributed by atoms with Gasteiger partial charge in [-0.15, -0.1) is 0 Å². The van der Waals surface area contributed by atoms with E-state index in [0.29, 0.717) is 13.0 Å². The van der Waals surface area contributed by atoms with Crippen molar-refractivity contribution in [1.82, 2.24) is 4.90 Å². The van der Waals surface area contributed by atoms with Crippen LogP contribution in [-0.4, -0.2) is 40.7 Å². The zero-order chi connectivity index (χ0) is 14.8. The highest BCUT2D eigenvalue weighted by atomic mass is 16.5. The average molecular weight is 289 g/mol. The minimum absolute atomic E-state index is 0.168. The Hall–Kier alpha value is -1.55. The molecule has 1 aromatic rings. The second kappa shape index (κ2) is 6.06. The number of hydrogen-bond acceptors (Lipinski definition) is 3. The summed E-state index contributed by atoms with van der Waals surface area (Å²) in [6.07, 6.45) is 3.73. The smallest absolute Gasteiger partial charge is 0.226 e. The van der Waals surface area contributed by atoms with E-state index < -0.39 is 0 Å². The Morgan fingerprint density at radius 2 is 1.86 bits per heavy atom. The zero-order valence-electron chi connectivity index (χ0n) is 12.5. The first-order valence-corrected chi connectivity index (χ1v) is 7.82. The quantitative estimate of drug-likeness (QED) is 0.925. The maximum atomic E-state index is 12.4. The lowest BCUT2D eigenvalue weighted by molar-refractivity contribution is -0.137. The molecule has 3 rings (SSSR count). The summed E-state index contributed by atoms with van der Waals surface area (Å²) in [4.78, 5) is 14.4. The van der Waals surface area contributed by atoms with Crippen LogP contribution >= 0.6 is 0 Å². The number of carbonyl (C=O) groups is 1. The summed E-state index contributed by atoms with van der Waals surface area (Å²) >= 11 is 0. The highest BCUT2D eigenvalue weighted by Gasteiger charge is 2.42. The molecule has 0 radical (unpaired) electrons. The fourth-order valence-corrected chi connectivity index (χ4v) is 3.58. The van der Waals surface area contributed by atoms with Gasteiger partial charge in [-0.3, -0.25) is 4.79 Å². The van der Waals surface area contributed by atoms with Gasteiger partial charge in [0.1, 0.15) is 5.75 Å². The Kier molecular flexibility index (Phi) is 4.15. The molecule has 0 saturated carbocycles. The number of nitrogens with zero attached hydrogens (tertiary/aromatic N) is 1. The number of carbonyl (C=O) groups excluding carboxylic acids is 1. The van der Waals surface area contributed by atoms with Crippen LogP contribution in [0.25, 0.3) is 0 Å². The number of rotatable bonds is 4. The van der Waals surface area contributed by atoms with E-state index in [1.54, 1.807) is 0 Å². The highest BCUT2D eigenvalue weighted by Crippen LogP contribution is 2.36. The first-order chi connectivity index (χ1) is 10.1. The third kappa shape index (κ3) is 3.21. The molecule has 4 nitrogen and oxygen atoms in total. The van der Waals surface area contributed by atoms with Gasteiger partial charge in [-0.1, -0.05) is 17.7 Å². The Labute approximate surface area is 125 Å². The van der Waals surface area contributed by atoms with Crippen LogP contribution in [0.3, 0.4) is 0 Å². The third-order valence-corrected chi connectivity index (χ3v) is 4.60. The summed E-state index contributed by atoms with van der Waals surface area (Å²) in [5, 5.41) is 9.77. The van der Waals surface area contributed by atoms with Gasteiger partial charge >= 0.3 is 0 Å². The van der Waals surface area contributed by atoms with Crippen LogP contribution in [0, 0.1) is 6.92 Å². The van der Waals surface area contributed by atoms with Gasteiger partial charge in [0.15, 0.2) is 0 Å². The van der Waals surface area contributed by atoms with Crippen molar-refractivity contribution in [2.45, 2.75) is 57.2 Å². The Morgan fingerprint density at radius 1 is 1.24 bits per heavy atom. The van der Waals surface area contributed by atoms with E-state index in [4.69, 9.17) is 4.74 Å². The molecule has 21 heavy (non-hydrogen) atoms. The number of aryl methyl sites for hydroxylation is 1. The van der Waals surface area contributed by atoms with Crippen molar-refractivity contribution in [2.24, 2.45) is 0 Å². The van der Waals surface area contributed by atoms with Gasteiger partial charge in [-0.2, -0.15) is 0 Å². The third-order valence-electron chi connectivity index (χ3n) is 4.60. The number of aliphatic hydroxyl groups excluding tert-OH is 1. The molecule has 0 aliphatic carbocycles. The number of ether oxygens (including phenoxy) is 1. The van der Waals surface area contributed by atoms with E-state index in [1.807, 2.05) is 36.1 Å². The molecule has 1 N–H and O–H groups in total. The average Bonchev–Trinajstić information content (AvgIpc) is 2.73. The van der Waals surface area contributed by atoms with Gasteiger partial charge in [-0.25, -0.2) is 0 Å². The van der Waals surface area contributed by atoms with Crippen molar-refractivity contribution in [2.75, 3.05) is 6.61 Å². The number of hydrogen-bond donors (Lipinski definition) is 1. The number of piperidine rings is 1. The standard InChI is InChI=1S/C17H23NO3/c1-12-2-6-16(7-3-12)21-9-8-17(20)18-13-4-5-14(18)11-15(19)10-13/h2-3,6-7,13-15,19H,4-5,8-11H2,1H3. The molecule has 2 fully saturated rings. The lowest BCUT2D eigenvalue weighted by Gasteiger charge is -2.37. The number of amides is 1. The maximum absolute atomic E-state index is 12.4. The lowest BCUT2D eigenvalue weighted by atomic mass is 9.99. The predicted molar refractivity (Wildman–Crippen MR) is 80.2 cm³/mol. The molecule has 1 amide bonds. The van der Waals surface area contributed by atoms with Crippen LogP contribution in [0.4, 0.5) is 0 Å². The fraction of sp³-hybridized carbons (Fsp3) is 0.588. The second-order valence-electron chi connectivity index (χ2n) is 6.22. The summed E-state index contributed by atoms with van der Waals surface area (Å²) in [7, 11) is 0. The molecule has 2 saturated heterocycles. The molecule has 0 spiro atoms. The topological polar surface area (TPSA) is 49.8 Å². The van der Waals surface area contributed by atoms with E-state index in [0.717, 1.165) is 31.4 Å². The van der Waals surface area contributed by atoms with Crippen LogP contribution in [0.15, 0.2) is 24.3 Å². The van der Waals surface area contributed by atoms with Crippen LogP contribution < -0.4 is 4.74 Å². The first-order valence-electron chi connectivity index (χ1n) is 7.82. The zero-order valence-corrected chi connectivity index (χ0v) is 12.5. The minimum Gasteiger partial charge on any atom is -0.493 e. The molecule has 2 heterocycles. The molecule has 2 unspecified atom stereocenters. The fourth-order valence-electron chi connectivity index (χ4n) is 3.58. The van der Waals surface area contributed by atoms with Gasteiger partial charge in [-0.05, 0) is 44.7 Å². The molecule has 114 valence electrons. The maximum Gasteiger partial charge on any atom is 0.226 e. The van der Waals surface area contributed by atoms with Gasteiger partial charge < -0.3 is 14.7 Å². The van der Waals surface area contributed by atoms with E-state index in [9.17, 15) is 9.90 Å². The van der Waals surface area contributed by atoms with Gasteiger partial charge in [0.05, 0.1) is 19.1 Å². The molecule has 2 aliphatic rings. The highest BCUT2D eigenvalue weighted by molar-refractivity contribution is 5.77. The van der Waals surface area contributed by atoms with Crippen LogP contribution in [0.2, 0.25) is 0 Å². The summed E-state index contributed by atoms with van der Waals surface area (Å²) in [5.74, 6) is 0.979. The summed E-state index contributed by atoms with van der Waals surface area (Å²) in [6.45, 7) is 2.45. The summed E-state index contributed by atoms with van der Waals surface area (Å²) in [6, 6.07) is 8.35. The molecule has 2 bridgehead atoms. The van der Waals surface area contributed by atoms with Crippen LogP contribution in [0.5, 0.6) is 5.75 Å². The predicted octanol–water partition coefficient (Wildman–Crippen LogP) is 2.28. The van der Waals surface area contributed by atoms with Crippen molar-refractivity contribution in [3.05, 3.63) is 29.8 Å². The molecule has 0 aromatic heterocycles. The molecule has 2 atom stereocenters. The SMILES string of the molecule is Cc1ccc(OCCC(=O)N2C3CCC2CC(O)C3)cc1. The second-order valence-corrected chi connectivity index (χ2v) is 6.22. The molecule has 1 aromatic carbocycles. The van der Waals surface area contributed by atoms with E-state index >= 15 is 0 Å². The van der Waals surface area contributed by atoms with Crippen molar-refractivity contribution in [1.29, 1.82) is 0 Å². The normalized spacial score (nSPS) is 27.7. The number of aliphatic hydroxyl groups is 1. The Bertz CT molecular complexity index is 485. The van der Waals surface area contributed by atoms with Crippen molar-refractivity contribution < 1.29 is 14.6 Å². The van der Waals surface area contributed by atoms with Crippen LogP contribution in [-0.2, 0) is 4.79 Å². The van der Waals surface area contributed by atoms with E-state index in [-0.39, 0.29) is 24.1 Å². The van der Waals surface area contributed by atoms with E-state index in [2.05, 4.69) is 0 Å². The van der Waals surface area contributed by atoms with Crippen molar-refractivity contribution in [3.8, 4) is 5.75 Å². The molecular formula is C17H23NO3. The summed E-state index contributed by atoms with van der Waals surface area (Å²) < 4.78 is 5.64. The number of fused-ring (bicyclic) bond motifs is 2. The monoisotopic (exact) mass is 289 g/mol. The minimum atomic E-state index is -0.227. The van der Waals surface area contributed by atoms with E-state index in [1.165, 1.54) is 5.56 Å².